The Bertz CT molecular complexity index is 423. The van der Waals surface area contributed by atoms with Crippen molar-refractivity contribution in [3.05, 3.63) is 20.3 Å². The third-order valence-electron chi connectivity index (χ3n) is 2.80. The number of nitrogens with one attached hydrogen (secondary N) is 2. The summed E-state index contributed by atoms with van der Waals surface area (Å²) >= 11 is 8.24. The van der Waals surface area contributed by atoms with E-state index >= 15 is 0 Å². The van der Waals surface area contributed by atoms with E-state index in [1.165, 1.54) is 19.2 Å². The third kappa shape index (κ3) is 2.68. The maximum absolute atomic E-state index is 11.4. The van der Waals surface area contributed by atoms with Crippen molar-refractivity contribution in [1.82, 2.24) is 9.97 Å². The number of aromatic nitrogens is 2. The van der Waals surface area contributed by atoms with Gasteiger partial charge in [-0.3, -0.25) is 4.79 Å². The highest BCUT2D eigenvalue weighted by Crippen LogP contribution is 2.26. The van der Waals surface area contributed by atoms with Gasteiger partial charge in [0.25, 0.3) is 5.56 Å². The van der Waals surface area contributed by atoms with Gasteiger partial charge in [0.2, 0.25) is 0 Å². The van der Waals surface area contributed by atoms with E-state index in [9.17, 15) is 4.79 Å². The van der Waals surface area contributed by atoms with E-state index in [4.69, 9.17) is 11.6 Å². The van der Waals surface area contributed by atoms with Gasteiger partial charge in [-0.2, -0.15) is 0 Å². The first-order valence-corrected chi connectivity index (χ1v) is 6.84. The van der Waals surface area contributed by atoms with Gasteiger partial charge in [0.05, 0.1) is 11.7 Å². The Morgan fingerprint density at radius 3 is 3.00 bits per heavy atom. The van der Waals surface area contributed by atoms with E-state index < -0.39 is 0 Å². The van der Waals surface area contributed by atoms with Crippen LogP contribution in [0.1, 0.15) is 25.7 Å². The van der Waals surface area contributed by atoms with Crippen LogP contribution in [0.3, 0.4) is 0 Å². The molecule has 0 saturated heterocycles. The van der Waals surface area contributed by atoms with Gasteiger partial charge in [-0.25, -0.2) is 4.98 Å². The molecule has 2 rings (SSSR count). The molecule has 0 bridgehead atoms. The minimum absolute atomic E-state index is 0.111. The molecule has 0 aromatic carbocycles. The molecule has 1 saturated carbocycles. The summed E-state index contributed by atoms with van der Waals surface area (Å²) in [5.74, 6) is 0.641. The average Bonchev–Trinajstić information content (AvgIpc) is 2.28. The Labute approximate surface area is 112 Å². The fraction of sp³-hybridized carbons (Fsp3) is 0.600. The quantitative estimate of drug-likeness (QED) is 0.634. The number of H-pyrrole nitrogens is 1. The van der Waals surface area contributed by atoms with Gasteiger partial charge in [-0.15, -0.1) is 11.6 Å². The van der Waals surface area contributed by atoms with Crippen molar-refractivity contribution in [2.24, 2.45) is 0 Å². The Balaban J connectivity index is 2.14. The zero-order valence-electron chi connectivity index (χ0n) is 8.67. The topological polar surface area (TPSA) is 57.8 Å². The molecule has 0 radical (unpaired) electrons. The number of nitrogens with zero attached hydrogens (tertiary/aromatic N) is 1. The van der Waals surface area contributed by atoms with Gasteiger partial charge in [0, 0.05) is 6.04 Å². The highest BCUT2D eigenvalue weighted by Gasteiger charge is 2.24. The molecular weight excluding hydrogens is 340 g/mol. The van der Waals surface area contributed by atoms with Crippen molar-refractivity contribution in [3.63, 3.8) is 0 Å². The number of alkyl halides is 1. The van der Waals surface area contributed by atoms with E-state index in [1.54, 1.807) is 0 Å². The van der Waals surface area contributed by atoms with E-state index in [2.05, 4.69) is 15.3 Å². The lowest BCUT2D eigenvalue weighted by molar-refractivity contribution is 0.468. The summed E-state index contributed by atoms with van der Waals surface area (Å²) in [7, 11) is 0. The van der Waals surface area contributed by atoms with Gasteiger partial charge >= 0.3 is 0 Å². The number of hydrogen-bond acceptors (Lipinski definition) is 3. The molecule has 2 N–H and O–H groups in total. The number of anilines is 1. The second kappa shape index (κ2) is 5.35. The molecule has 88 valence electrons. The molecular formula is C10H13ClIN3O. The lowest BCUT2D eigenvalue weighted by Gasteiger charge is -2.28. The van der Waals surface area contributed by atoms with E-state index in [0.717, 1.165) is 12.8 Å². The minimum Gasteiger partial charge on any atom is -0.365 e. The maximum atomic E-state index is 11.4. The number of rotatable bonds is 2. The van der Waals surface area contributed by atoms with Crippen molar-refractivity contribution < 1.29 is 0 Å². The van der Waals surface area contributed by atoms with Crippen LogP contribution in [0.2, 0.25) is 0 Å². The van der Waals surface area contributed by atoms with Crippen LogP contribution in [-0.4, -0.2) is 21.4 Å². The van der Waals surface area contributed by atoms with Gasteiger partial charge in [0.1, 0.15) is 9.39 Å². The average molecular weight is 354 g/mol. The molecule has 6 heteroatoms. The van der Waals surface area contributed by atoms with Crippen molar-refractivity contribution in [2.75, 3.05) is 5.32 Å². The maximum Gasteiger partial charge on any atom is 0.266 e. The molecule has 0 aliphatic heterocycles. The zero-order valence-corrected chi connectivity index (χ0v) is 11.6. The summed E-state index contributed by atoms with van der Waals surface area (Å²) in [5, 5.41) is 3.40. The van der Waals surface area contributed by atoms with E-state index in [1.807, 2.05) is 22.6 Å². The molecule has 2 atom stereocenters. The molecule has 1 aliphatic carbocycles. The molecule has 16 heavy (non-hydrogen) atoms. The van der Waals surface area contributed by atoms with Crippen LogP contribution in [0, 0.1) is 3.57 Å². The standard InChI is InChI=1S/C10H13ClIN3O/c11-6-3-1-2-4-7(6)15-9-8(12)10(16)14-5-13-9/h5-7H,1-4H2,(H2,13,14,15,16). The number of halogens is 2. The highest BCUT2D eigenvalue weighted by molar-refractivity contribution is 14.1. The van der Waals surface area contributed by atoms with Crippen LogP contribution in [-0.2, 0) is 0 Å². The lowest BCUT2D eigenvalue weighted by atomic mass is 9.95. The first kappa shape index (κ1) is 12.2. The van der Waals surface area contributed by atoms with E-state index in [-0.39, 0.29) is 17.0 Å². The molecule has 0 spiro atoms. The van der Waals surface area contributed by atoms with Crippen molar-refractivity contribution in [2.45, 2.75) is 37.1 Å². The predicted octanol–water partition coefficient (Wildman–Crippen LogP) is 2.34. The first-order valence-electron chi connectivity index (χ1n) is 5.32. The monoisotopic (exact) mass is 353 g/mol. The van der Waals surface area contributed by atoms with Crippen LogP contribution in [0.5, 0.6) is 0 Å². The summed E-state index contributed by atoms with van der Waals surface area (Å²) in [4.78, 5) is 18.1. The minimum atomic E-state index is -0.111. The van der Waals surface area contributed by atoms with Crippen molar-refractivity contribution >= 4 is 40.0 Å². The largest absolute Gasteiger partial charge is 0.365 e. The predicted molar refractivity (Wildman–Crippen MR) is 73.1 cm³/mol. The molecule has 1 aromatic heterocycles. The van der Waals surface area contributed by atoms with E-state index in [0.29, 0.717) is 9.39 Å². The van der Waals surface area contributed by atoms with Crippen molar-refractivity contribution in [3.8, 4) is 0 Å². The summed E-state index contributed by atoms with van der Waals surface area (Å²) in [6.07, 6.45) is 5.85. The van der Waals surface area contributed by atoms with Gasteiger partial charge in [-0.05, 0) is 35.4 Å². The molecule has 1 aromatic rings. The normalized spacial score (nSPS) is 25.4. The Morgan fingerprint density at radius 1 is 1.50 bits per heavy atom. The van der Waals surface area contributed by atoms with Gasteiger partial charge < -0.3 is 10.3 Å². The third-order valence-corrected chi connectivity index (χ3v) is 4.32. The Kier molecular flexibility index (Phi) is 4.07. The summed E-state index contributed by atoms with van der Waals surface area (Å²) in [6.45, 7) is 0. The molecule has 4 nitrogen and oxygen atoms in total. The highest BCUT2D eigenvalue weighted by atomic mass is 127. The fourth-order valence-corrected chi connectivity index (χ4v) is 2.70. The van der Waals surface area contributed by atoms with Gasteiger partial charge in [-0.1, -0.05) is 12.8 Å². The van der Waals surface area contributed by atoms with Crippen LogP contribution in [0.25, 0.3) is 0 Å². The van der Waals surface area contributed by atoms with Gasteiger partial charge in [0.15, 0.2) is 0 Å². The van der Waals surface area contributed by atoms with Crippen LogP contribution >= 0.6 is 34.2 Å². The fourth-order valence-electron chi connectivity index (χ4n) is 1.91. The lowest BCUT2D eigenvalue weighted by Crippen LogP contribution is -2.34. The molecule has 1 fully saturated rings. The summed E-state index contributed by atoms with van der Waals surface area (Å²) in [6, 6.07) is 0.221. The second-order valence-electron chi connectivity index (χ2n) is 3.95. The molecule has 1 heterocycles. The van der Waals surface area contributed by atoms with Crippen LogP contribution < -0.4 is 10.9 Å². The zero-order chi connectivity index (χ0) is 11.5. The Hall–Kier alpha value is -0.300. The molecule has 0 amide bonds. The summed E-state index contributed by atoms with van der Waals surface area (Å²) in [5.41, 5.74) is -0.111. The number of hydrogen-bond donors (Lipinski definition) is 2. The molecule has 2 unspecified atom stereocenters. The van der Waals surface area contributed by atoms with Crippen LogP contribution in [0.15, 0.2) is 11.1 Å². The number of aromatic amines is 1. The molecule has 1 aliphatic rings. The summed E-state index contributed by atoms with van der Waals surface area (Å²) < 4.78 is 0.592. The smallest absolute Gasteiger partial charge is 0.266 e. The first-order chi connectivity index (χ1) is 7.68. The van der Waals surface area contributed by atoms with Crippen molar-refractivity contribution in [1.29, 1.82) is 0 Å². The SMILES string of the molecule is O=c1[nH]cnc(NC2CCCCC2Cl)c1I. The second-order valence-corrected chi connectivity index (χ2v) is 5.58. The Morgan fingerprint density at radius 2 is 2.25 bits per heavy atom. The van der Waals surface area contributed by atoms with Crippen LogP contribution in [0.4, 0.5) is 5.82 Å².